The van der Waals surface area contributed by atoms with E-state index in [-0.39, 0.29) is 0 Å². The van der Waals surface area contributed by atoms with Gasteiger partial charge in [-0.25, -0.2) is 9.79 Å². The number of rotatable bonds is 0. The molecule has 1 heterocycles. The number of hydrogen-bond acceptors (Lipinski definition) is 2. The summed E-state index contributed by atoms with van der Waals surface area (Å²) in [5.41, 5.74) is 2.33. The first-order chi connectivity index (χ1) is 5.79. The van der Waals surface area contributed by atoms with Crippen LogP contribution in [0.3, 0.4) is 0 Å². The Balaban J connectivity index is 2.49. The van der Waals surface area contributed by atoms with Crippen molar-refractivity contribution in [3.05, 3.63) is 24.3 Å². The molecule has 0 fully saturated rings. The van der Waals surface area contributed by atoms with Gasteiger partial charge in [0.15, 0.2) is 0 Å². The number of carboxylic acid groups (broad SMARTS) is 1. The fourth-order valence-electron chi connectivity index (χ4n) is 1.11. The molecule has 12 heavy (non-hydrogen) atoms. The summed E-state index contributed by atoms with van der Waals surface area (Å²) in [5, 5.41) is 8.02. The number of benzene rings is 1. The highest BCUT2D eigenvalue weighted by Gasteiger charge is 2.20. The van der Waals surface area contributed by atoms with Crippen LogP contribution in [-0.2, 0) is 0 Å². The van der Waals surface area contributed by atoms with Crippen LogP contribution in [0.2, 0.25) is 0 Å². The highest BCUT2D eigenvalue weighted by Crippen LogP contribution is 2.45. The molecular formula is C8H7NO2S. The van der Waals surface area contributed by atoms with Gasteiger partial charge in [0.2, 0.25) is 0 Å². The Morgan fingerprint density at radius 2 is 2.17 bits per heavy atom. The molecule has 0 amide bonds. The average molecular weight is 181 g/mol. The lowest BCUT2D eigenvalue weighted by Crippen LogP contribution is -1.92. The number of hydrogen-bond donors (Lipinski definition) is 2. The second-order valence-electron chi connectivity index (χ2n) is 2.39. The standard InChI is InChI=1S/C8H7NO2S/c10-8(11)12-5-9-6-3-1-2-4-7(6)12/h1-5,12H,(H,10,11). The quantitative estimate of drug-likeness (QED) is 0.604. The van der Waals surface area contributed by atoms with Crippen LogP contribution in [0.4, 0.5) is 10.5 Å². The third kappa shape index (κ3) is 1.00. The minimum absolute atomic E-state index is 0.779. The zero-order valence-corrected chi connectivity index (χ0v) is 7.03. The summed E-state index contributed by atoms with van der Waals surface area (Å²) in [5.74, 6) is 0. The van der Waals surface area contributed by atoms with Crippen LogP contribution in [0.1, 0.15) is 0 Å². The third-order valence-electron chi connectivity index (χ3n) is 1.66. The van der Waals surface area contributed by atoms with Gasteiger partial charge in [-0.1, -0.05) is 23.0 Å². The second-order valence-corrected chi connectivity index (χ2v) is 4.22. The lowest BCUT2D eigenvalue weighted by Gasteiger charge is -2.05. The molecule has 0 saturated heterocycles. The molecule has 1 unspecified atom stereocenters. The summed E-state index contributed by atoms with van der Waals surface area (Å²) >= 11 is 0. The number of aliphatic imine (C=N–C) groups is 1. The zero-order valence-electron chi connectivity index (χ0n) is 6.14. The van der Waals surface area contributed by atoms with Gasteiger partial charge in [-0.05, 0) is 12.1 Å². The van der Waals surface area contributed by atoms with Crippen LogP contribution < -0.4 is 0 Å². The molecule has 0 spiro atoms. The van der Waals surface area contributed by atoms with Gasteiger partial charge in [-0.2, -0.15) is 0 Å². The third-order valence-corrected chi connectivity index (χ3v) is 3.32. The van der Waals surface area contributed by atoms with Crippen molar-refractivity contribution in [1.29, 1.82) is 0 Å². The molecule has 2 rings (SSSR count). The Kier molecular flexibility index (Phi) is 1.62. The molecule has 0 bridgehead atoms. The van der Waals surface area contributed by atoms with E-state index >= 15 is 0 Å². The number of para-hydroxylation sites is 1. The molecule has 1 aliphatic rings. The molecular weight excluding hydrogens is 174 g/mol. The van der Waals surface area contributed by atoms with E-state index in [4.69, 9.17) is 5.11 Å². The summed E-state index contributed by atoms with van der Waals surface area (Å²) in [7, 11) is -1.19. The molecule has 1 atom stereocenters. The van der Waals surface area contributed by atoms with Crippen molar-refractivity contribution in [1.82, 2.24) is 0 Å². The van der Waals surface area contributed by atoms with Gasteiger partial charge in [0.1, 0.15) is 0 Å². The molecule has 1 aromatic rings. The highest BCUT2D eigenvalue weighted by molar-refractivity contribution is 8.40. The Morgan fingerprint density at radius 3 is 2.92 bits per heavy atom. The van der Waals surface area contributed by atoms with Gasteiger partial charge in [0, 0.05) is 4.90 Å². The van der Waals surface area contributed by atoms with Gasteiger partial charge in [-0.15, -0.1) is 0 Å². The van der Waals surface area contributed by atoms with Crippen LogP contribution in [0.15, 0.2) is 34.2 Å². The first kappa shape index (κ1) is 7.36. The summed E-state index contributed by atoms with van der Waals surface area (Å²) in [6.45, 7) is 0. The van der Waals surface area contributed by atoms with Gasteiger partial charge in [0.05, 0.1) is 11.2 Å². The van der Waals surface area contributed by atoms with E-state index in [0.717, 1.165) is 10.6 Å². The van der Waals surface area contributed by atoms with E-state index in [1.54, 1.807) is 0 Å². The van der Waals surface area contributed by atoms with Crippen LogP contribution in [-0.4, -0.2) is 16.0 Å². The van der Waals surface area contributed by atoms with Crippen LogP contribution >= 0.6 is 10.9 Å². The van der Waals surface area contributed by atoms with Gasteiger partial charge in [0.25, 0.3) is 0 Å². The van der Waals surface area contributed by atoms with E-state index in [1.165, 1.54) is 5.55 Å². The van der Waals surface area contributed by atoms with Crippen LogP contribution in [0, 0.1) is 0 Å². The van der Waals surface area contributed by atoms with E-state index in [2.05, 4.69) is 4.99 Å². The number of fused-ring (bicyclic) bond motifs is 1. The predicted molar refractivity (Wildman–Crippen MR) is 49.9 cm³/mol. The molecule has 1 N–H and O–H groups in total. The van der Waals surface area contributed by atoms with Crippen molar-refractivity contribution in [2.75, 3.05) is 0 Å². The summed E-state index contributed by atoms with van der Waals surface area (Å²) < 4.78 is 0. The first-order valence-electron chi connectivity index (χ1n) is 3.44. The summed E-state index contributed by atoms with van der Waals surface area (Å²) in [6, 6.07) is 7.35. The Hall–Kier alpha value is -1.29. The largest absolute Gasteiger partial charge is 0.474 e. The normalized spacial score (nSPS) is 22.2. The van der Waals surface area contributed by atoms with Crippen molar-refractivity contribution in [3.8, 4) is 0 Å². The minimum atomic E-state index is -1.19. The smallest absolute Gasteiger partial charge is 0.353 e. The average Bonchev–Trinajstić information content (AvgIpc) is 2.47. The molecule has 0 saturated carbocycles. The van der Waals surface area contributed by atoms with Gasteiger partial charge in [-0.3, -0.25) is 0 Å². The fraction of sp³-hybridized carbons (Fsp3) is 0. The van der Waals surface area contributed by atoms with E-state index in [1.807, 2.05) is 24.3 Å². The predicted octanol–water partition coefficient (Wildman–Crippen LogP) is 2.40. The Labute approximate surface area is 72.1 Å². The number of carbonyl (C=O) groups is 1. The Morgan fingerprint density at radius 1 is 1.42 bits per heavy atom. The molecule has 62 valence electrons. The molecule has 1 aromatic carbocycles. The van der Waals surface area contributed by atoms with Gasteiger partial charge < -0.3 is 5.11 Å². The Bertz CT molecular complexity index is 362. The van der Waals surface area contributed by atoms with E-state index in [9.17, 15) is 4.79 Å². The van der Waals surface area contributed by atoms with Crippen molar-refractivity contribution < 1.29 is 9.90 Å². The zero-order chi connectivity index (χ0) is 8.55. The molecule has 4 heteroatoms. The van der Waals surface area contributed by atoms with Crippen molar-refractivity contribution in [2.24, 2.45) is 4.99 Å². The maximum atomic E-state index is 10.7. The van der Waals surface area contributed by atoms with Crippen molar-refractivity contribution in [2.45, 2.75) is 4.90 Å². The van der Waals surface area contributed by atoms with E-state index in [0.29, 0.717) is 0 Å². The minimum Gasteiger partial charge on any atom is -0.474 e. The number of thiol groups is 1. The van der Waals surface area contributed by atoms with Gasteiger partial charge >= 0.3 is 5.30 Å². The van der Waals surface area contributed by atoms with Crippen molar-refractivity contribution >= 4 is 27.4 Å². The molecule has 0 aromatic heterocycles. The van der Waals surface area contributed by atoms with E-state index < -0.39 is 16.2 Å². The molecule has 3 nitrogen and oxygen atoms in total. The lowest BCUT2D eigenvalue weighted by molar-refractivity contribution is 0.222. The van der Waals surface area contributed by atoms with Crippen LogP contribution in [0.5, 0.6) is 0 Å². The summed E-state index contributed by atoms with van der Waals surface area (Å²) in [4.78, 5) is 15.6. The lowest BCUT2D eigenvalue weighted by atomic mass is 10.3. The molecule has 0 radical (unpaired) electrons. The maximum absolute atomic E-state index is 10.7. The highest BCUT2D eigenvalue weighted by atomic mass is 32.2. The number of nitrogens with zero attached hydrogens (tertiary/aromatic N) is 1. The maximum Gasteiger partial charge on any atom is 0.353 e. The fourth-order valence-corrected chi connectivity index (χ4v) is 2.41. The van der Waals surface area contributed by atoms with Crippen molar-refractivity contribution in [3.63, 3.8) is 0 Å². The summed E-state index contributed by atoms with van der Waals surface area (Å²) in [6.07, 6.45) is 0. The first-order valence-corrected chi connectivity index (χ1v) is 4.85. The topological polar surface area (TPSA) is 49.7 Å². The monoisotopic (exact) mass is 181 g/mol. The second kappa shape index (κ2) is 2.64. The SMILES string of the molecule is O=C(O)[SH]1C=Nc2ccccc21. The van der Waals surface area contributed by atoms with Crippen LogP contribution in [0.25, 0.3) is 0 Å². The molecule has 1 aliphatic heterocycles. The molecule has 0 aliphatic carbocycles.